The van der Waals surface area contributed by atoms with Gasteiger partial charge in [-0.15, -0.1) is 0 Å². The Hall–Kier alpha value is -2.33. The molecule has 1 aliphatic heterocycles. The number of anilines is 2. The Morgan fingerprint density at radius 1 is 1.14 bits per heavy atom. The van der Waals surface area contributed by atoms with Gasteiger partial charge in [-0.2, -0.15) is 0 Å². The number of hydrogen-bond donors (Lipinski definition) is 1. The molecular formula is C16H13ClN2O2. The topological polar surface area (TPSA) is 49.4 Å². The van der Waals surface area contributed by atoms with Gasteiger partial charge in [0.1, 0.15) is 6.04 Å². The minimum atomic E-state index is -0.567. The minimum Gasteiger partial charge on any atom is -0.322 e. The summed E-state index contributed by atoms with van der Waals surface area (Å²) in [4.78, 5) is 26.3. The van der Waals surface area contributed by atoms with E-state index in [1.165, 1.54) is 4.90 Å². The molecule has 1 N–H and O–H groups in total. The van der Waals surface area contributed by atoms with Crippen molar-refractivity contribution >= 4 is 34.8 Å². The monoisotopic (exact) mass is 300 g/mol. The Bertz CT molecular complexity index is 712. The predicted molar refractivity (Wildman–Crippen MR) is 82.8 cm³/mol. The van der Waals surface area contributed by atoms with Crippen LogP contribution in [0.15, 0.2) is 48.5 Å². The van der Waals surface area contributed by atoms with Crippen molar-refractivity contribution in [2.24, 2.45) is 0 Å². The van der Waals surface area contributed by atoms with Gasteiger partial charge in [-0.1, -0.05) is 23.7 Å². The molecule has 2 amide bonds. The Labute approximate surface area is 127 Å². The van der Waals surface area contributed by atoms with Gasteiger partial charge in [0.05, 0.1) is 11.4 Å². The molecule has 0 saturated heterocycles. The van der Waals surface area contributed by atoms with E-state index in [1.54, 1.807) is 37.3 Å². The number of amides is 2. The van der Waals surface area contributed by atoms with Gasteiger partial charge in [0, 0.05) is 10.6 Å². The Morgan fingerprint density at radius 2 is 1.81 bits per heavy atom. The molecular weight excluding hydrogens is 288 g/mol. The SMILES string of the molecule is CC1C(=O)Nc2ccccc2N1C(=O)c1ccc(Cl)cc1. The van der Waals surface area contributed by atoms with E-state index < -0.39 is 6.04 Å². The van der Waals surface area contributed by atoms with Gasteiger partial charge in [-0.3, -0.25) is 14.5 Å². The van der Waals surface area contributed by atoms with Crippen molar-refractivity contribution in [3.05, 3.63) is 59.1 Å². The maximum absolute atomic E-state index is 12.7. The second-order valence-electron chi connectivity index (χ2n) is 4.86. The van der Waals surface area contributed by atoms with E-state index >= 15 is 0 Å². The van der Waals surface area contributed by atoms with Gasteiger partial charge >= 0.3 is 0 Å². The van der Waals surface area contributed by atoms with E-state index in [2.05, 4.69) is 5.32 Å². The highest BCUT2D eigenvalue weighted by molar-refractivity contribution is 6.30. The van der Waals surface area contributed by atoms with Crippen molar-refractivity contribution in [1.82, 2.24) is 0 Å². The van der Waals surface area contributed by atoms with Crippen LogP contribution in [-0.4, -0.2) is 17.9 Å². The van der Waals surface area contributed by atoms with Gasteiger partial charge in [-0.25, -0.2) is 0 Å². The summed E-state index contributed by atoms with van der Waals surface area (Å²) < 4.78 is 0. The summed E-state index contributed by atoms with van der Waals surface area (Å²) in [5.74, 6) is -0.419. The number of hydrogen-bond acceptors (Lipinski definition) is 2. The molecule has 0 saturated carbocycles. The summed E-state index contributed by atoms with van der Waals surface area (Å²) in [5.41, 5.74) is 1.84. The summed E-state index contributed by atoms with van der Waals surface area (Å²) in [6, 6.07) is 13.3. The van der Waals surface area contributed by atoms with Crippen LogP contribution in [-0.2, 0) is 4.79 Å². The average molecular weight is 301 g/mol. The zero-order valence-electron chi connectivity index (χ0n) is 11.3. The van der Waals surface area contributed by atoms with Crippen molar-refractivity contribution in [1.29, 1.82) is 0 Å². The number of benzene rings is 2. The molecule has 2 aromatic carbocycles. The number of nitrogens with one attached hydrogen (secondary N) is 1. The molecule has 2 aromatic rings. The molecule has 0 aliphatic carbocycles. The number of nitrogens with zero attached hydrogens (tertiary/aromatic N) is 1. The second kappa shape index (κ2) is 5.22. The summed E-state index contributed by atoms with van der Waals surface area (Å²) >= 11 is 5.85. The van der Waals surface area contributed by atoms with Gasteiger partial charge in [0.25, 0.3) is 5.91 Å². The zero-order chi connectivity index (χ0) is 15.0. The fourth-order valence-electron chi connectivity index (χ4n) is 2.37. The van der Waals surface area contributed by atoms with Gasteiger partial charge in [-0.05, 0) is 43.3 Å². The van der Waals surface area contributed by atoms with Crippen LogP contribution < -0.4 is 10.2 Å². The van der Waals surface area contributed by atoms with E-state index in [0.29, 0.717) is 22.0 Å². The lowest BCUT2D eigenvalue weighted by Gasteiger charge is -2.34. The predicted octanol–water partition coefficient (Wildman–Crippen LogP) is 3.33. The fourth-order valence-corrected chi connectivity index (χ4v) is 2.50. The van der Waals surface area contributed by atoms with E-state index in [0.717, 1.165) is 0 Å². The van der Waals surface area contributed by atoms with Crippen molar-refractivity contribution in [2.45, 2.75) is 13.0 Å². The van der Waals surface area contributed by atoms with Crippen molar-refractivity contribution in [3.63, 3.8) is 0 Å². The Balaban J connectivity index is 2.05. The first-order valence-corrected chi connectivity index (χ1v) is 6.95. The van der Waals surface area contributed by atoms with Crippen LogP contribution in [0.25, 0.3) is 0 Å². The number of fused-ring (bicyclic) bond motifs is 1. The maximum atomic E-state index is 12.7. The first-order valence-electron chi connectivity index (χ1n) is 6.57. The molecule has 1 heterocycles. The molecule has 21 heavy (non-hydrogen) atoms. The number of para-hydroxylation sites is 2. The van der Waals surface area contributed by atoms with E-state index in [9.17, 15) is 9.59 Å². The summed E-state index contributed by atoms with van der Waals surface area (Å²) in [6.07, 6.45) is 0. The third kappa shape index (κ3) is 2.38. The van der Waals surface area contributed by atoms with Crippen LogP contribution in [0.4, 0.5) is 11.4 Å². The molecule has 3 rings (SSSR count). The quantitative estimate of drug-likeness (QED) is 0.878. The molecule has 0 fully saturated rings. The normalized spacial score (nSPS) is 17.1. The molecule has 1 atom stereocenters. The largest absolute Gasteiger partial charge is 0.322 e. The fraction of sp³-hybridized carbons (Fsp3) is 0.125. The highest BCUT2D eigenvalue weighted by Gasteiger charge is 2.33. The molecule has 0 bridgehead atoms. The van der Waals surface area contributed by atoms with Crippen LogP contribution in [0.3, 0.4) is 0 Å². The molecule has 0 radical (unpaired) electrons. The lowest BCUT2D eigenvalue weighted by molar-refractivity contribution is -0.117. The summed E-state index contributed by atoms with van der Waals surface area (Å²) in [7, 11) is 0. The highest BCUT2D eigenvalue weighted by Crippen LogP contribution is 2.32. The van der Waals surface area contributed by atoms with Crippen molar-refractivity contribution in [2.75, 3.05) is 10.2 Å². The van der Waals surface area contributed by atoms with Gasteiger partial charge < -0.3 is 5.32 Å². The lowest BCUT2D eigenvalue weighted by atomic mass is 10.1. The lowest BCUT2D eigenvalue weighted by Crippen LogP contribution is -2.49. The summed E-state index contributed by atoms with van der Waals surface area (Å²) in [6.45, 7) is 1.71. The number of carbonyl (C=O) groups is 2. The van der Waals surface area contributed by atoms with E-state index in [-0.39, 0.29) is 11.8 Å². The van der Waals surface area contributed by atoms with Crippen LogP contribution in [0.2, 0.25) is 5.02 Å². The van der Waals surface area contributed by atoms with E-state index in [1.807, 2.05) is 18.2 Å². The highest BCUT2D eigenvalue weighted by atomic mass is 35.5. The molecule has 5 heteroatoms. The first kappa shape index (κ1) is 13.6. The first-order chi connectivity index (χ1) is 10.1. The molecule has 1 unspecified atom stereocenters. The van der Waals surface area contributed by atoms with Crippen molar-refractivity contribution < 1.29 is 9.59 Å². The number of carbonyl (C=O) groups excluding carboxylic acids is 2. The van der Waals surface area contributed by atoms with Crippen LogP contribution in [0.1, 0.15) is 17.3 Å². The maximum Gasteiger partial charge on any atom is 0.259 e. The molecule has 4 nitrogen and oxygen atoms in total. The summed E-state index contributed by atoms with van der Waals surface area (Å²) in [5, 5.41) is 3.37. The van der Waals surface area contributed by atoms with E-state index in [4.69, 9.17) is 11.6 Å². The van der Waals surface area contributed by atoms with Crippen LogP contribution in [0.5, 0.6) is 0 Å². The van der Waals surface area contributed by atoms with Gasteiger partial charge in [0.15, 0.2) is 0 Å². The zero-order valence-corrected chi connectivity index (χ0v) is 12.1. The number of rotatable bonds is 1. The second-order valence-corrected chi connectivity index (χ2v) is 5.30. The Morgan fingerprint density at radius 3 is 2.52 bits per heavy atom. The molecule has 0 spiro atoms. The molecule has 0 aromatic heterocycles. The Kier molecular flexibility index (Phi) is 3.39. The van der Waals surface area contributed by atoms with Crippen molar-refractivity contribution in [3.8, 4) is 0 Å². The minimum absolute atomic E-state index is 0.198. The van der Waals surface area contributed by atoms with Crippen LogP contribution >= 0.6 is 11.6 Å². The third-order valence-corrected chi connectivity index (χ3v) is 3.75. The van der Waals surface area contributed by atoms with Gasteiger partial charge in [0.2, 0.25) is 5.91 Å². The standard InChI is InChI=1S/C16H13ClN2O2/c1-10-15(20)18-13-4-2-3-5-14(13)19(10)16(21)11-6-8-12(17)9-7-11/h2-10H,1H3,(H,18,20). The number of halogens is 1. The third-order valence-electron chi connectivity index (χ3n) is 3.50. The molecule has 1 aliphatic rings. The average Bonchev–Trinajstić information content (AvgIpc) is 2.49. The smallest absolute Gasteiger partial charge is 0.259 e. The molecule has 106 valence electrons. The van der Waals surface area contributed by atoms with Crippen LogP contribution in [0, 0.1) is 0 Å².